The van der Waals surface area contributed by atoms with E-state index in [1.807, 2.05) is 36.4 Å². The van der Waals surface area contributed by atoms with Gasteiger partial charge in [0.1, 0.15) is 12.4 Å². The van der Waals surface area contributed by atoms with E-state index in [4.69, 9.17) is 9.84 Å². The molecule has 2 rings (SSSR count). The predicted molar refractivity (Wildman–Crippen MR) is 69.2 cm³/mol. The minimum atomic E-state index is 0.0412. The number of aryl methyl sites for hydroxylation is 1. The molecule has 0 heterocycles. The van der Waals surface area contributed by atoms with Gasteiger partial charge in [-0.05, 0) is 35.7 Å². The van der Waals surface area contributed by atoms with E-state index in [0.29, 0.717) is 6.61 Å². The molecule has 1 N–H and O–H groups in total. The van der Waals surface area contributed by atoms with Crippen LogP contribution < -0.4 is 4.74 Å². The molecule has 17 heavy (non-hydrogen) atoms. The topological polar surface area (TPSA) is 29.5 Å². The van der Waals surface area contributed by atoms with Crippen LogP contribution in [0.1, 0.15) is 5.56 Å². The van der Waals surface area contributed by atoms with Gasteiger partial charge < -0.3 is 9.84 Å². The Morgan fingerprint density at radius 1 is 1.00 bits per heavy atom. The first-order valence-corrected chi connectivity index (χ1v) is 5.71. The molecule has 0 spiro atoms. The maximum absolute atomic E-state index is 8.67. The first-order chi connectivity index (χ1) is 8.31. The Kier molecular flexibility index (Phi) is 3.78. The smallest absolute Gasteiger partial charge is 0.119 e. The van der Waals surface area contributed by atoms with E-state index < -0.39 is 0 Å². The lowest BCUT2D eigenvalue weighted by Gasteiger charge is -2.08. The third kappa shape index (κ3) is 2.86. The number of aliphatic hydroxyl groups is 1. The van der Waals surface area contributed by atoms with Crippen molar-refractivity contribution in [2.75, 3.05) is 13.2 Å². The van der Waals surface area contributed by atoms with Crippen molar-refractivity contribution in [2.45, 2.75) is 6.92 Å². The van der Waals surface area contributed by atoms with Gasteiger partial charge in [0, 0.05) is 0 Å². The molecule has 0 radical (unpaired) electrons. The summed E-state index contributed by atoms with van der Waals surface area (Å²) in [5.74, 6) is 0.788. The highest BCUT2D eigenvalue weighted by molar-refractivity contribution is 5.67. The van der Waals surface area contributed by atoms with Crippen molar-refractivity contribution in [2.24, 2.45) is 0 Å². The summed E-state index contributed by atoms with van der Waals surface area (Å²) in [5.41, 5.74) is 3.68. The second-order valence-corrected chi connectivity index (χ2v) is 3.91. The average molecular weight is 228 g/mol. The van der Waals surface area contributed by atoms with Gasteiger partial charge in [-0.25, -0.2) is 0 Å². The van der Waals surface area contributed by atoms with Crippen LogP contribution in [0.4, 0.5) is 0 Å². The summed E-state index contributed by atoms with van der Waals surface area (Å²) in [5, 5.41) is 8.67. The van der Waals surface area contributed by atoms with Crippen molar-refractivity contribution in [3.05, 3.63) is 54.1 Å². The minimum Gasteiger partial charge on any atom is -0.491 e. The van der Waals surface area contributed by atoms with Gasteiger partial charge in [0.2, 0.25) is 0 Å². The second kappa shape index (κ2) is 5.51. The Bertz CT molecular complexity index is 475. The SMILES string of the molecule is Cc1ccccc1-c1ccc(OCCO)cc1. The van der Waals surface area contributed by atoms with Crippen molar-refractivity contribution in [3.63, 3.8) is 0 Å². The molecule has 0 aliphatic carbocycles. The molecule has 2 heteroatoms. The molecule has 2 aromatic rings. The minimum absolute atomic E-state index is 0.0412. The summed E-state index contributed by atoms with van der Waals surface area (Å²) in [6.07, 6.45) is 0. The molecule has 0 aromatic heterocycles. The standard InChI is InChI=1S/C15H16O2/c1-12-4-2-3-5-15(12)13-6-8-14(9-7-13)17-11-10-16/h2-9,16H,10-11H2,1H3. The molecule has 0 amide bonds. The average Bonchev–Trinajstić information content (AvgIpc) is 2.38. The molecule has 0 saturated carbocycles. The second-order valence-electron chi connectivity index (χ2n) is 3.91. The van der Waals surface area contributed by atoms with Crippen LogP contribution in [0.5, 0.6) is 5.75 Å². The van der Waals surface area contributed by atoms with Gasteiger partial charge in [-0.1, -0.05) is 36.4 Å². The number of ether oxygens (including phenoxy) is 1. The van der Waals surface area contributed by atoms with Crippen LogP contribution >= 0.6 is 0 Å². The van der Waals surface area contributed by atoms with E-state index in [-0.39, 0.29) is 6.61 Å². The molecular formula is C15H16O2. The van der Waals surface area contributed by atoms with Crippen molar-refractivity contribution in [1.29, 1.82) is 0 Å². The van der Waals surface area contributed by atoms with Crippen LogP contribution in [0.25, 0.3) is 11.1 Å². The lowest BCUT2D eigenvalue weighted by atomic mass is 10.0. The number of hydrogen-bond donors (Lipinski definition) is 1. The summed E-state index contributed by atoms with van der Waals surface area (Å²) in [7, 11) is 0. The van der Waals surface area contributed by atoms with E-state index in [0.717, 1.165) is 5.75 Å². The van der Waals surface area contributed by atoms with E-state index >= 15 is 0 Å². The van der Waals surface area contributed by atoms with Gasteiger partial charge in [-0.3, -0.25) is 0 Å². The van der Waals surface area contributed by atoms with Crippen LogP contribution in [-0.2, 0) is 0 Å². The summed E-state index contributed by atoms with van der Waals surface area (Å²) in [6.45, 7) is 2.48. The Morgan fingerprint density at radius 3 is 2.35 bits per heavy atom. The molecule has 0 unspecified atom stereocenters. The van der Waals surface area contributed by atoms with E-state index in [1.165, 1.54) is 16.7 Å². The fraction of sp³-hybridized carbons (Fsp3) is 0.200. The Labute approximate surface area is 101 Å². The fourth-order valence-corrected chi connectivity index (χ4v) is 1.79. The molecule has 0 saturated heterocycles. The zero-order chi connectivity index (χ0) is 12.1. The zero-order valence-electron chi connectivity index (χ0n) is 9.89. The molecule has 0 aliphatic rings. The third-order valence-electron chi connectivity index (χ3n) is 2.67. The molecule has 88 valence electrons. The lowest BCUT2D eigenvalue weighted by molar-refractivity contribution is 0.201. The van der Waals surface area contributed by atoms with E-state index in [9.17, 15) is 0 Å². The van der Waals surface area contributed by atoms with Crippen LogP contribution in [0.2, 0.25) is 0 Å². The van der Waals surface area contributed by atoms with Gasteiger partial charge in [0.15, 0.2) is 0 Å². The Hall–Kier alpha value is -1.80. The molecule has 2 aromatic carbocycles. The fourth-order valence-electron chi connectivity index (χ4n) is 1.79. The first-order valence-electron chi connectivity index (χ1n) is 5.71. The summed E-state index contributed by atoms with van der Waals surface area (Å²) in [6, 6.07) is 16.2. The monoisotopic (exact) mass is 228 g/mol. The number of hydrogen-bond acceptors (Lipinski definition) is 2. The molecule has 0 bridgehead atoms. The quantitative estimate of drug-likeness (QED) is 0.871. The van der Waals surface area contributed by atoms with Gasteiger partial charge in [0.25, 0.3) is 0 Å². The van der Waals surface area contributed by atoms with Crippen LogP contribution in [0.15, 0.2) is 48.5 Å². The molecule has 2 nitrogen and oxygen atoms in total. The highest BCUT2D eigenvalue weighted by atomic mass is 16.5. The first kappa shape index (κ1) is 11.7. The van der Waals surface area contributed by atoms with Crippen molar-refractivity contribution < 1.29 is 9.84 Å². The molecule has 0 fully saturated rings. The van der Waals surface area contributed by atoms with Crippen LogP contribution in [-0.4, -0.2) is 18.3 Å². The Morgan fingerprint density at radius 2 is 1.71 bits per heavy atom. The van der Waals surface area contributed by atoms with Gasteiger partial charge in [-0.2, -0.15) is 0 Å². The van der Waals surface area contributed by atoms with Crippen LogP contribution in [0, 0.1) is 6.92 Å². The predicted octanol–water partition coefficient (Wildman–Crippen LogP) is 3.03. The Balaban J connectivity index is 2.21. The lowest BCUT2D eigenvalue weighted by Crippen LogP contribution is -2.01. The van der Waals surface area contributed by atoms with E-state index in [2.05, 4.69) is 19.1 Å². The maximum atomic E-state index is 8.67. The van der Waals surface area contributed by atoms with Crippen LogP contribution in [0.3, 0.4) is 0 Å². The summed E-state index contributed by atoms with van der Waals surface area (Å²) < 4.78 is 5.33. The number of benzene rings is 2. The maximum Gasteiger partial charge on any atom is 0.119 e. The van der Waals surface area contributed by atoms with Crippen molar-refractivity contribution in [3.8, 4) is 16.9 Å². The zero-order valence-corrected chi connectivity index (χ0v) is 9.89. The van der Waals surface area contributed by atoms with Gasteiger partial charge >= 0.3 is 0 Å². The molecule has 0 atom stereocenters. The molecular weight excluding hydrogens is 212 g/mol. The number of rotatable bonds is 4. The van der Waals surface area contributed by atoms with Crippen molar-refractivity contribution >= 4 is 0 Å². The third-order valence-corrected chi connectivity index (χ3v) is 2.67. The van der Waals surface area contributed by atoms with Gasteiger partial charge in [-0.15, -0.1) is 0 Å². The normalized spacial score (nSPS) is 10.2. The highest BCUT2D eigenvalue weighted by Crippen LogP contribution is 2.25. The van der Waals surface area contributed by atoms with Gasteiger partial charge in [0.05, 0.1) is 6.61 Å². The van der Waals surface area contributed by atoms with Crippen molar-refractivity contribution in [1.82, 2.24) is 0 Å². The summed E-state index contributed by atoms with van der Waals surface area (Å²) in [4.78, 5) is 0. The number of aliphatic hydroxyl groups excluding tert-OH is 1. The summed E-state index contributed by atoms with van der Waals surface area (Å²) >= 11 is 0. The largest absolute Gasteiger partial charge is 0.491 e. The highest BCUT2D eigenvalue weighted by Gasteiger charge is 2.01. The molecule has 0 aliphatic heterocycles. The van der Waals surface area contributed by atoms with E-state index in [1.54, 1.807) is 0 Å².